The van der Waals surface area contributed by atoms with E-state index in [0.29, 0.717) is 17.0 Å². The number of nitrogens with zero attached hydrogens (tertiary/aromatic N) is 2. The number of halogens is 1. The molecule has 1 aromatic heterocycles. The van der Waals surface area contributed by atoms with Crippen molar-refractivity contribution in [1.82, 2.24) is 15.2 Å². The normalized spacial score (nSPS) is 20.2. The van der Waals surface area contributed by atoms with Crippen LogP contribution in [0.2, 0.25) is 5.02 Å². The molecule has 1 N–H and O–H groups in total. The summed E-state index contributed by atoms with van der Waals surface area (Å²) in [6, 6.07) is 8.10. The van der Waals surface area contributed by atoms with Crippen LogP contribution in [0.25, 0.3) is 11.5 Å². The van der Waals surface area contributed by atoms with Crippen molar-refractivity contribution < 1.29 is 4.42 Å². The highest BCUT2D eigenvalue weighted by Crippen LogP contribution is 2.22. The Morgan fingerprint density at radius 3 is 3.20 bits per heavy atom. The molecule has 3 rings (SSSR count). The van der Waals surface area contributed by atoms with Crippen LogP contribution in [0.1, 0.15) is 12.6 Å². The van der Waals surface area contributed by atoms with Crippen molar-refractivity contribution >= 4 is 11.6 Å². The largest absolute Gasteiger partial charge is 0.444 e. The zero-order valence-corrected chi connectivity index (χ0v) is 12.2. The predicted octanol–water partition coefficient (Wildman–Crippen LogP) is 2.79. The first-order valence-electron chi connectivity index (χ1n) is 6.87. The minimum Gasteiger partial charge on any atom is -0.444 e. The summed E-state index contributed by atoms with van der Waals surface area (Å²) in [6.07, 6.45) is 1.74. The number of rotatable bonds is 3. The van der Waals surface area contributed by atoms with Gasteiger partial charge in [-0.1, -0.05) is 17.7 Å². The van der Waals surface area contributed by atoms with E-state index in [-0.39, 0.29) is 0 Å². The van der Waals surface area contributed by atoms with Gasteiger partial charge in [0.25, 0.3) is 0 Å². The molecule has 0 spiro atoms. The lowest BCUT2D eigenvalue weighted by Gasteiger charge is -2.31. The molecule has 0 aliphatic carbocycles. The predicted molar refractivity (Wildman–Crippen MR) is 79.7 cm³/mol. The molecule has 2 heterocycles. The van der Waals surface area contributed by atoms with E-state index in [1.807, 2.05) is 24.3 Å². The second-order valence-electron chi connectivity index (χ2n) is 5.24. The number of benzene rings is 1. The van der Waals surface area contributed by atoms with Crippen LogP contribution in [0.4, 0.5) is 0 Å². The Kier molecular flexibility index (Phi) is 4.05. The van der Waals surface area contributed by atoms with Gasteiger partial charge < -0.3 is 9.73 Å². The van der Waals surface area contributed by atoms with Crippen LogP contribution >= 0.6 is 11.6 Å². The van der Waals surface area contributed by atoms with Gasteiger partial charge in [-0.2, -0.15) is 0 Å². The van der Waals surface area contributed by atoms with Gasteiger partial charge >= 0.3 is 0 Å². The van der Waals surface area contributed by atoms with E-state index in [1.165, 1.54) is 0 Å². The fourth-order valence-corrected chi connectivity index (χ4v) is 2.71. The summed E-state index contributed by atoms with van der Waals surface area (Å²) >= 11 is 5.99. The van der Waals surface area contributed by atoms with Gasteiger partial charge in [0, 0.05) is 42.8 Å². The summed E-state index contributed by atoms with van der Waals surface area (Å²) in [7, 11) is 0. The Balaban J connectivity index is 1.70. The highest BCUT2D eigenvalue weighted by molar-refractivity contribution is 6.30. The molecule has 1 aromatic carbocycles. The molecule has 0 bridgehead atoms. The molecule has 1 aliphatic heterocycles. The van der Waals surface area contributed by atoms with Crippen molar-refractivity contribution in [3.63, 3.8) is 0 Å². The van der Waals surface area contributed by atoms with E-state index in [9.17, 15) is 0 Å². The average molecular weight is 292 g/mol. The number of oxazole rings is 1. The molecule has 106 valence electrons. The molecule has 20 heavy (non-hydrogen) atoms. The minimum absolute atomic E-state index is 0.531. The second-order valence-corrected chi connectivity index (χ2v) is 5.68. The molecule has 1 aliphatic rings. The van der Waals surface area contributed by atoms with Gasteiger partial charge in [0.15, 0.2) is 0 Å². The van der Waals surface area contributed by atoms with E-state index in [2.05, 4.69) is 22.1 Å². The molecule has 2 aromatic rings. The van der Waals surface area contributed by atoms with E-state index in [0.717, 1.165) is 37.4 Å². The van der Waals surface area contributed by atoms with Gasteiger partial charge in [0.05, 0.1) is 5.69 Å². The molecule has 0 radical (unpaired) electrons. The van der Waals surface area contributed by atoms with Crippen LogP contribution in [0.5, 0.6) is 0 Å². The maximum atomic E-state index is 5.99. The van der Waals surface area contributed by atoms with Crippen LogP contribution in [0, 0.1) is 0 Å². The summed E-state index contributed by atoms with van der Waals surface area (Å²) in [5, 5.41) is 4.13. The molecule has 4 nitrogen and oxygen atoms in total. The smallest absolute Gasteiger partial charge is 0.226 e. The third kappa shape index (κ3) is 3.20. The Hall–Kier alpha value is -1.36. The maximum Gasteiger partial charge on any atom is 0.226 e. The van der Waals surface area contributed by atoms with Crippen molar-refractivity contribution in [3.8, 4) is 11.5 Å². The number of piperazine rings is 1. The first-order chi connectivity index (χ1) is 9.70. The van der Waals surface area contributed by atoms with Crippen LogP contribution in [0.3, 0.4) is 0 Å². The molecule has 0 amide bonds. The van der Waals surface area contributed by atoms with Crippen molar-refractivity contribution in [3.05, 3.63) is 41.2 Å². The Morgan fingerprint density at radius 1 is 1.50 bits per heavy atom. The van der Waals surface area contributed by atoms with Crippen molar-refractivity contribution in [1.29, 1.82) is 0 Å². The van der Waals surface area contributed by atoms with Gasteiger partial charge in [-0.25, -0.2) is 4.98 Å². The molecule has 1 fully saturated rings. The van der Waals surface area contributed by atoms with Crippen LogP contribution in [-0.4, -0.2) is 35.6 Å². The summed E-state index contributed by atoms with van der Waals surface area (Å²) < 4.78 is 5.56. The zero-order valence-electron chi connectivity index (χ0n) is 11.5. The van der Waals surface area contributed by atoms with E-state index in [4.69, 9.17) is 16.0 Å². The zero-order chi connectivity index (χ0) is 13.9. The highest BCUT2D eigenvalue weighted by Gasteiger charge is 2.17. The summed E-state index contributed by atoms with van der Waals surface area (Å²) in [4.78, 5) is 6.94. The molecule has 0 unspecified atom stereocenters. The van der Waals surface area contributed by atoms with Gasteiger partial charge in [0.2, 0.25) is 5.89 Å². The monoisotopic (exact) mass is 291 g/mol. The van der Waals surface area contributed by atoms with Gasteiger partial charge in [-0.05, 0) is 25.1 Å². The Labute approximate surface area is 123 Å². The topological polar surface area (TPSA) is 41.3 Å². The van der Waals surface area contributed by atoms with Crippen LogP contribution in [0.15, 0.2) is 34.9 Å². The lowest BCUT2D eigenvalue weighted by Crippen LogP contribution is -2.48. The molecular formula is C15H18ClN3O. The fourth-order valence-electron chi connectivity index (χ4n) is 2.52. The minimum atomic E-state index is 0.531. The molecule has 1 saturated heterocycles. The quantitative estimate of drug-likeness (QED) is 0.944. The fraction of sp³-hybridized carbons (Fsp3) is 0.400. The van der Waals surface area contributed by atoms with E-state index >= 15 is 0 Å². The summed E-state index contributed by atoms with van der Waals surface area (Å²) in [5.74, 6) is 0.630. The molecule has 5 heteroatoms. The molecule has 1 atom stereocenters. The molecule has 0 saturated carbocycles. The van der Waals surface area contributed by atoms with Gasteiger partial charge in [0.1, 0.15) is 6.26 Å². The number of hydrogen-bond acceptors (Lipinski definition) is 4. The van der Waals surface area contributed by atoms with Gasteiger partial charge in [-0.15, -0.1) is 0 Å². The van der Waals surface area contributed by atoms with Crippen molar-refractivity contribution in [2.45, 2.75) is 19.5 Å². The number of nitrogens with one attached hydrogen (secondary N) is 1. The van der Waals surface area contributed by atoms with Crippen LogP contribution in [-0.2, 0) is 6.54 Å². The van der Waals surface area contributed by atoms with E-state index in [1.54, 1.807) is 6.26 Å². The number of hydrogen-bond donors (Lipinski definition) is 1. The van der Waals surface area contributed by atoms with Crippen molar-refractivity contribution in [2.24, 2.45) is 0 Å². The Morgan fingerprint density at radius 2 is 2.40 bits per heavy atom. The summed E-state index contributed by atoms with van der Waals surface area (Å²) in [6.45, 7) is 6.14. The highest BCUT2D eigenvalue weighted by atomic mass is 35.5. The maximum absolute atomic E-state index is 5.99. The lowest BCUT2D eigenvalue weighted by atomic mass is 10.2. The van der Waals surface area contributed by atoms with E-state index < -0.39 is 0 Å². The second kappa shape index (κ2) is 5.95. The summed E-state index contributed by atoms with van der Waals surface area (Å²) in [5.41, 5.74) is 1.88. The first kappa shape index (κ1) is 13.6. The Bertz CT molecular complexity index is 584. The third-order valence-corrected chi connectivity index (χ3v) is 3.70. The first-order valence-corrected chi connectivity index (χ1v) is 7.24. The standard InChI is InChI=1S/C15H18ClN3O/c1-11-8-19(6-5-17-11)9-14-10-20-15(18-14)12-3-2-4-13(16)7-12/h2-4,7,10-11,17H,5-6,8-9H2,1H3/t11-/m0/s1. The van der Waals surface area contributed by atoms with Gasteiger partial charge in [-0.3, -0.25) is 4.90 Å². The SMILES string of the molecule is C[C@H]1CN(Cc2coc(-c3cccc(Cl)c3)n2)CCN1. The third-order valence-electron chi connectivity index (χ3n) is 3.46. The average Bonchev–Trinajstić information content (AvgIpc) is 2.87. The number of aromatic nitrogens is 1. The lowest BCUT2D eigenvalue weighted by molar-refractivity contribution is 0.197. The van der Waals surface area contributed by atoms with Crippen LogP contribution < -0.4 is 5.32 Å². The van der Waals surface area contributed by atoms with Crippen molar-refractivity contribution in [2.75, 3.05) is 19.6 Å². The molecular weight excluding hydrogens is 274 g/mol.